The van der Waals surface area contributed by atoms with E-state index in [0.717, 1.165) is 4.60 Å². The average molecular weight is 303 g/mol. The van der Waals surface area contributed by atoms with Gasteiger partial charge in [0.25, 0.3) is 0 Å². The zero-order valence-electron chi connectivity index (χ0n) is 9.95. The van der Waals surface area contributed by atoms with Crippen molar-refractivity contribution in [3.05, 3.63) is 16.4 Å². The number of hydrogen-bond acceptors (Lipinski definition) is 4. The Bertz CT molecular complexity index is 414. The number of H-pyrrole nitrogens is 1. The van der Waals surface area contributed by atoms with Crippen LogP contribution in [0.3, 0.4) is 0 Å². The fraction of sp³-hybridized carbons (Fsp3) is 0.500. The lowest BCUT2D eigenvalue weighted by atomic mass is 10.1. The first kappa shape index (κ1) is 13.7. The molecule has 0 aliphatic heterocycles. The number of aromatic amines is 1. The van der Waals surface area contributed by atoms with Gasteiger partial charge in [-0.3, -0.25) is 5.10 Å². The Morgan fingerprint density at radius 2 is 2.41 bits per heavy atom. The van der Waals surface area contributed by atoms with Crippen LogP contribution in [-0.2, 0) is 4.74 Å². The number of hydrazone groups is 1. The van der Waals surface area contributed by atoms with Crippen LogP contribution < -0.4 is 5.43 Å². The third-order valence-corrected chi connectivity index (χ3v) is 2.31. The first-order valence-corrected chi connectivity index (χ1v) is 6.05. The highest BCUT2D eigenvalue weighted by Crippen LogP contribution is 2.12. The van der Waals surface area contributed by atoms with Gasteiger partial charge in [-0.2, -0.15) is 10.2 Å². The molecule has 0 atom stereocenters. The molecule has 1 heterocycles. The maximum atomic E-state index is 11.1. The molecular formula is C10H15BrN4O2. The fourth-order valence-corrected chi connectivity index (χ4v) is 1.49. The Hall–Kier alpha value is -1.37. The number of nitrogens with one attached hydrogen (secondary N) is 2. The van der Waals surface area contributed by atoms with Crippen molar-refractivity contribution in [3.63, 3.8) is 0 Å². The van der Waals surface area contributed by atoms with Gasteiger partial charge in [0.2, 0.25) is 0 Å². The molecule has 0 unspecified atom stereocenters. The van der Waals surface area contributed by atoms with E-state index in [0.29, 0.717) is 18.0 Å². The van der Waals surface area contributed by atoms with E-state index in [-0.39, 0.29) is 5.92 Å². The van der Waals surface area contributed by atoms with Crippen LogP contribution in [0.2, 0.25) is 0 Å². The van der Waals surface area contributed by atoms with Gasteiger partial charge in [0, 0.05) is 0 Å². The molecule has 0 saturated carbocycles. The Morgan fingerprint density at radius 1 is 1.71 bits per heavy atom. The normalized spacial score (nSPS) is 11.7. The summed E-state index contributed by atoms with van der Waals surface area (Å²) in [5.41, 5.74) is 3.69. The summed E-state index contributed by atoms with van der Waals surface area (Å²) in [7, 11) is 0. The second kappa shape index (κ2) is 6.39. The van der Waals surface area contributed by atoms with Gasteiger partial charge in [-0.25, -0.2) is 10.2 Å². The number of amides is 1. The zero-order chi connectivity index (χ0) is 12.8. The monoisotopic (exact) mass is 302 g/mol. The van der Waals surface area contributed by atoms with Crippen LogP contribution in [0.1, 0.15) is 26.5 Å². The fourth-order valence-electron chi connectivity index (χ4n) is 1.18. The van der Waals surface area contributed by atoms with Crippen LogP contribution >= 0.6 is 15.9 Å². The van der Waals surface area contributed by atoms with Crippen molar-refractivity contribution >= 4 is 27.7 Å². The molecule has 0 fully saturated rings. The van der Waals surface area contributed by atoms with E-state index >= 15 is 0 Å². The Labute approximate surface area is 108 Å². The summed E-state index contributed by atoms with van der Waals surface area (Å²) in [4.78, 5) is 11.1. The first-order valence-electron chi connectivity index (χ1n) is 5.26. The molecule has 0 aliphatic rings. The molecule has 17 heavy (non-hydrogen) atoms. The average Bonchev–Trinajstić information content (AvgIpc) is 2.65. The van der Waals surface area contributed by atoms with Crippen molar-refractivity contribution in [1.82, 2.24) is 15.6 Å². The van der Waals surface area contributed by atoms with Gasteiger partial charge >= 0.3 is 6.09 Å². The van der Waals surface area contributed by atoms with Gasteiger partial charge in [0.15, 0.2) is 0 Å². The molecule has 7 heteroatoms. The molecule has 0 spiro atoms. The van der Waals surface area contributed by atoms with Crippen molar-refractivity contribution in [3.8, 4) is 0 Å². The molecule has 6 nitrogen and oxygen atoms in total. The van der Waals surface area contributed by atoms with E-state index in [1.165, 1.54) is 0 Å². The SMILES string of the molecule is CCOC(=O)NN=C(c1cc(Br)[nH]n1)C(C)C. The zero-order valence-corrected chi connectivity index (χ0v) is 11.5. The maximum absolute atomic E-state index is 11.1. The standard InChI is InChI=1S/C10H15BrN4O2/c1-4-17-10(16)15-14-9(6(2)3)7-5-8(11)13-12-7/h5-6H,4H2,1-3H3,(H,12,13)(H,15,16). The highest BCUT2D eigenvalue weighted by Gasteiger charge is 2.13. The number of aromatic nitrogens is 2. The minimum absolute atomic E-state index is 0.132. The molecule has 0 saturated heterocycles. The van der Waals surface area contributed by atoms with Gasteiger partial charge in [0.1, 0.15) is 10.3 Å². The van der Waals surface area contributed by atoms with Crippen molar-refractivity contribution in [2.24, 2.45) is 11.0 Å². The van der Waals surface area contributed by atoms with E-state index in [1.807, 2.05) is 13.8 Å². The van der Waals surface area contributed by atoms with E-state index in [1.54, 1.807) is 13.0 Å². The molecule has 0 aromatic carbocycles. The number of hydrogen-bond donors (Lipinski definition) is 2. The lowest BCUT2D eigenvalue weighted by molar-refractivity contribution is 0.152. The summed E-state index contributed by atoms with van der Waals surface area (Å²) in [5.74, 6) is 0.132. The number of carbonyl (C=O) groups excluding carboxylic acids is 1. The van der Waals surface area contributed by atoms with Crippen LogP contribution in [0.5, 0.6) is 0 Å². The third kappa shape index (κ3) is 4.18. The molecule has 1 aromatic rings. The summed E-state index contributed by atoms with van der Waals surface area (Å²) >= 11 is 3.27. The molecule has 94 valence electrons. The van der Waals surface area contributed by atoms with Gasteiger partial charge in [-0.15, -0.1) is 0 Å². The van der Waals surface area contributed by atoms with Crippen LogP contribution in [0.15, 0.2) is 15.8 Å². The minimum atomic E-state index is -0.569. The molecule has 2 N–H and O–H groups in total. The summed E-state index contributed by atoms with van der Waals surface area (Å²) < 4.78 is 5.48. The summed E-state index contributed by atoms with van der Waals surface area (Å²) in [6.07, 6.45) is -0.569. The summed E-state index contributed by atoms with van der Waals surface area (Å²) in [6.45, 7) is 5.98. The predicted molar refractivity (Wildman–Crippen MR) is 67.8 cm³/mol. The molecule has 0 aliphatic carbocycles. The van der Waals surface area contributed by atoms with Crippen LogP contribution in [0.4, 0.5) is 4.79 Å². The minimum Gasteiger partial charge on any atom is -0.449 e. The van der Waals surface area contributed by atoms with Crippen molar-refractivity contribution in [2.45, 2.75) is 20.8 Å². The van der Waals surface area contributed by atoms with Crippen LogP contribution in [0.25, 0.3) is 0 Å². The van der Waals surface area contributed by atoms with E-state index in [9.17, 15) is 4.79 Å². The molecule has 1 rings (SSSR count). The van der Waals surface area contributed by atoms with Gasteiger partial charge in [0.05, 0.1) is 12.3 Å². The molecular weight excluding hydrogens is 288 g/mol. The second-order valence-corrected chi connectivity index (χ2v) is 4.44. The highest BCUT2D eigenvalue weighted by atomic mass is 79.9. The Morgan fingerprint density at radius 3 is 2.88 bits per heavy atom. The molecule has 0 bridgehead atoms. The van der Waals surface area contributed by atoms with Crippen molar-refractivity contribution < 1.29 is 9.53 Å². The summed E-state index contributed by atoms with van der Waals surface area (Å²) in [5, 5.41) is 10.8. The number of halogens is 1. The van der Waals surface area contributed by atoms with E-state index in [4.69, 9.17) is 4.74 Å². The number of ether oxygens (including phenoxy) is 1. The number of rotatable bonds is 4. The molecule has 0 radical (unpaired) electrons. The smallest absolute Gasteiger partial charge is 0.427 e. The lowest BCUT2D eigenvalue weighted by Gasteiger charge is -2.07. The van der Waals surface area contributed by atoms with Gasteiger partial charge in [-0.05, 0) is 34.8 Å². The topological polar surface area (TPSA) is 79.4 Å². The van der Waals surface area contributed by atoms with Crippen molar-refractivity contribution in [1.29, 1.82) is 0 Å². The first-order chi connectivity index (χ1) is 8.04. The Balaban J connectivity index is 2.79. The quantitative estimate of drug-likeness (QED) is 0.661. The van der Waals surface area contributed by atoms with Gasteiger partial charge in [-0.1, -0.05) is 13.8 Å². The Kier molecular flexibility index (Phi) is 5.14. The van der Waals surface area contributed by atoms with E-state index < -0.39 is 6.09 Å². The third-order valence-electron chi connectivity index (χ3n) is 1.90. The molecule has 1 amide bonds. The van der Waals surface area contributed by atoms with E-state index in [2.05, 4.69) is 36.7 Å². The van der Waals surface area contributed by atoms with Crippen LogP contribution in [0, 0.1) is 5.92 Å². The van der Waals surface area contributed by atoms with Crippen LogP contribution in [-0.4, -0.2) is 28.6 Å². The largest absolute Gasteiger partial charge is 0.449 e. The lowest BCUT2D eigenvalue weighted by Crippen LogP contribution is -2.23. The van der Waals surface area contributed by atoms with Crippen molar-refractivity contribution in [2.75, 3.05) is 6.61 Å². The predicted octanol–water partition coefficient (Wildman–Crippen LogP) is 2.28. The van der Waals surface area contributed by atoms with Gasteiger partial charge < -0.3 is 4.74 Å². The summed E-state index contributed by atoms with van der Waals surface area (Å²) in [6, 6.07) is 1.80. The maximum Gasteiger partial charge on any atom is 0.427 e. The highest BCUT2D eigenvalue weighted by molar-refractivity contribution is 9.10. The molecule has 1 aromatic heterocycles. The second-order valence-electron chi connectivity index (χ2n) is 3.59. The number of carbonyl (C=O) groups is 1. The number of nitrogens with zero attached hydrogens (tertiary/aromatic N) is 2.